The summed E-state index contributed by atoms with van der Waals surface area (Å²) in [4.78, 5) is 0. The van der Waals surface area contributed by atoms with Crippen molar-refractivity contribution >= 4 is 0 Å². The molecular formula is C11H18. The molecule has 0 N–H and O–H groups in total. The van der Waals surface area contributed by atoms with E-state index in [1.54, 1.807) is 11.1 Å². The van der Waals surface area contributed by atoms with Crippen molar-refractivity contribution in [3.8, 4) is 0 Å². The van der Waals surface area contributed by atoms with Crippen LogP contribution in [0.5, 0.6) is 0 Å². The summed E-state index contributed by atoms with van der Waals surface area (Å²) < 4.78 is 0. The lowest BCUT2D eigenvalue weighted by Gasteiger charge is -1.96. The van der Waals surface area contributed by atoms with Crippen LogP contribution in [0.15, 0.2) is 23.3 Å². The maximum absolute atomic E-state index is 2.37. The van der Waals surface area contributed by atoms with E-state index in [0.29, 0.717) is 0 Å². The first-order valence-electron chi connectivity index (χ1n) is 4.62. The van der Waals surface area contributed by atoms with Crippen LogP contribution >= 0.6 is 0 Å². The minimum atomic E-state index is 0.874. The zero-order chi connectivity index (χ0) is 8.27. The Morgan fingerprint density at radius 2 is 2.00 bits per heavy atom. The van der Waals surface area contributed by atoms with E-state index in [4.69, 9.17) is 0 Å². The van der Waals surface area contributed by atoms with E-state index in [-0.39, 0.29) is 0 Å². The Morgan fingerprint density at radius 3 is 2.55 bits per heavy atom. The number of rotatable bonds is 1. The van der Waals surface area contributed by atoms with Gasteiger partial charge in [-0.25, -0.2) is 0 Å². The van der Waals surface area contributed by atoms with Gasteiger partial charge in [0, 0.05) is 0 Å². The molecule has 62 valence electrons. The van der Waals surface area contributed by atoms with E-state index in [1.807, 2.05) is 0 Å². The van der Waals surface area contributed by atoms with Crippen molar-refractivity contribution in [3.63, 3.8) is 0 Å². The van der Waals surface area contributed by atoms with Gasteiger partial charge in [0.1, 0.15) is 0 Å². The molecule has 0 saturated heterocycles. The smallest absolute Gasteiger partial charge is 0.0250 e. The average Bonchev–Trinajstić information content (AvgIpc) is 2.32. The summed E-state index contributed by atoms with van der Waals surface area (Å²) in [6, 6.07) is 0. The maximum atomic E-state index is 2.37. The van der Waals surface area contributed by atoms with Crippen molar-refractivity contribution in [2.45, 2.75) is 40.0 Å². The first kappa shape index (κ1) is 8.58. The maximum Gasteiger partial charge on any atom is -0.0250 e. The molecule has 1 unspecified atom stereocenters. The van der Waals surface area contributed by atoms with Crippen LogP contribution in [-0.2, 0) is 0 Å². The van der Waals surface area contributed by atoms with Gasteiger partial charge in [0.05, 0.1) is 0 Å². The summed E-state index contributed by atoms with van der Waals surface area (Å²) in [7, 11) is 0. The summed E-state index contributed by atoms with van der Waals surface area (Å²) in [6.07, 6.45) is 8.42. The van der Waals surface area contributed by atoms with Crippen molar-refractivity contribution in [2.75, 3.05) is 0 Å². The molecule has 1 aliphatic carbocycles. The van der Waals surface area contributed by atoms with Gasteiger partial charge in [-0.3, -0.25) is 0 Å². The quantitative estimate of drug-likeness (QED) is 0.534. The molecule has 1 fully saturated rings. The third-order valence-electron chi connectivity index (χ3n) is 2.35. The second-order valence-corrected chi connectivity index (χ2v) is 3.46. The number of hydrogen-bond acceptors (Lipinski definition) is 0. The Bertz CT molecular complexity index is 184. The average molecular weight is 150 g/mol. The molecule has 1 saturated carbocycles. The summed E-state index contributed by atoms with van der Waals surface area (Å²) in [6.45, 7) is 6.69. The lowest BCUT2D eigenvalue weighted by Crippen LogP contribution is -1.80. The van der Waals surface area contributed by atoms with Gasteiger partial charge < -0.3 is 0 Å². The monoisotopic (exact) mass is 150 g/mol. The van der Waals surface area contributed by atoms with Crippen LogP contribution in [0.4, 0.5) is 0 Å². The van der Waals surface area contributed by atoms with E-state index < -0.39 is 0 Å². The van der Waals surface area contributed by atoms with E-state index >= 15 is 0 Å². The van der Waals surface area contributed by atoms with Gasteiger partial charge in [-0.05, 0) is 43.3 Å². The van der Waals surface area contributed by atoms with Gasteiger partial charge in [0.2, 0.25) is 0 Å². The molecule has 0 heterocycles. The molecule has 0 aromatic heterocycles. The number of hydrogen-bond donors (Lipinski definition) is 0. The molecule has 0 heteroatoms. The van der Waals surface area contributed by atoms with Crippen molar-refractivity contribution < 1.29 is 0 Å². The minimum Gasteiger partial charge on any atom is -0.0842 e. The minimum absolute atomic E-state index is 0.874. The van der Waals surface area contributed by atoms with Crippen molar-refractivity contribution in [1.29, 1.82) is 0 Å². The highest BCUT2D eigenvalue weighted by atomic mass is 14.2. The fraction of sp³-hybridized carbons (Fsp3) is 0.636. The first-order chi connectivity index (χ1) is 5.27. The Labute approximate surface area is 70.0 Å². The molecule has 0 bridgehead atoms. The van der Waals surface area contributed by atoms with Gasteiger partial charge in [0.15, 0.2) is 0 Å². The third-order valence-corrected chi connectivity index (χ3v) is 2.35. The fourth-order valence-corrected chi connectivity index (χ4v) is 1.85. The first-order valence-corrected chi connectivity index (χ1v) is 4.62. The van der Waals surface area contributed by atoms with Crippen molar-refractivity contribution in [3.05, 3.63) is 23.3 Å². The van der Waals surface area contributed by atoms with Gasteiger partial charge in [-0.2, -0.15) is 0 Å². The van der Waals surface area contributed by atoms with Crippen LogP contribution in [0.25, 0.3) is 0 Å². The van der Waals surface area contributed by atoms with Crippen LogP contribution in [0.3, 0.4) is 0 Å². The van der Waals surface area contributed by atoms with E-state index in [2.05, 4.69) is 32.9 Å². The second-order valence-electron chi connectivity index (χ2n) is 3.46. The molecule has 1 atom stereocenters. The molecule has 0 spiro atoms. The molecule has 1 rings (SSSR count). The van der Waals surface area contributed by atoms with Crippen LogP contribution in [0.1, 0.15) is 40.0 Å². The Hall–Kier alpha value is -0.520. The third kappa shape index (κ3) is 1.95. The van der Waals surface area contributed by atoms with Crippen LogP contribution < -0.4 is 0 Å². The van der Waals surface area contributed by atoms with Gasteiger partial charge in [-0.1, -0.05) is 26.0 Å². The van der Waals surface area contributed by atoms with Gasteiger partial charge in [0.25, 0.3) is 0 Å². The lowest BCUT2D eigenvalue weighted by molar-refractivity contribution is 0.640. The Balaban J connectivity index is 2.73. The molecule has 1 aliphatic rings. The number of allylic oxidation sites excluding steroid dienone is 4. The van der Waals surface area contributed by atoms with Crippen molar-refractivity contribution in [1.82, 2.24) is 0 Å². The summed E-state index contributed by atoms with van der Waals surface area (Å²) in [5, 5.41) is 0. The zero-order valence-corrected chi connectivity index (χ0v) is 7.85. The molecule has 0 aliphatic heterocycles. The normalized spacial score (nSPS) is 32.1. The van der Waals surface area contributed by atoms with Crippen LogP contribution in [-0.4, -0.2) is 0 Å². The topological polar surface area (TPSA) is 0 Å². The predicted octanol–water partition coefficient (Wildman–Crippen LogP) is 3.70. The zero-order valence-electron chi connectivity index (χ0n) is 7.85. The summed E-state index contributed by atoms with van der Waals surface area (Å²) >= 11 is 0. The van der Waals surface area contributed by atoms with Crippen molar-refractivity contribution in [2.24, 2.45) is 5.92 Å². The molecule has 0 amide bonds. The molecule has 0 radical (unpaired) electrons. The Morgan fingerprint density at radius 1 is 1.36 bits per heavy atom. The summed E-state index contributed by atoms with van der Waals surface area (Å²) in [5.41, 5.74) is 3.18. The molecule has 0 aromatic rings. The highest BCUT2D eigenvalue weighted by Gasteiger charge is 2.18. The standard InChI is InChI=1S/C11H18/c1-4-6-11-8-9(3)7-10(11)5-2/h5-6,9H,4,7-8H2,1-3H3/b10-5-,11-6-. The van der Waals surface area contributed by atoms with Gasteiger partial charge >= 0.3 is 0 Å². The highest BCUT2D eigenvalue weighted by Crippen LogP contribution is 2.34. The van der Waals surface area contributed by atoms with Crippen LogP contribution in [0.2, 0.25) is 0 Å². The predicted molar refractivity (Wildman–Crippen MR) is 50.5 cm³/mol. The SMILES string of the molecule is C/C=C1/CC(C)C/C1=C/CC. The van der Waals surface area contributed by atoms with E-state index in [9.17, 15) is 0 Å². The van der Waals surface area contributed by atoms with Crippen LogP contribution in [0, 0.1) is 5.92 Å². The largest absolute Gasteiger partial charge is 0.0842 e. The second kappa shape index (κ2) is 3.75. The van der Waals surface area contributed by atoms with E-state index in [0.717, 1.165) is 5.92 Å². The molecule has 0 nitrogen and oxygen atoms in total. The van der Waals surface area contributed by atoms with Gasteiger partial charge in [-0.15, -0.1) is 0 Å². The molecular weight excluding hydrogens is 132 g/mol. The van der Waals surface area contributed by atoms with E-state index in [1.165, 1.54) is 19.3 Å². The molecule has 11 heavy (non-hydrogen) atoms. The highest BCUT2D eigenvalue weighted by molar-refractivity contribution is 5.35. The summed E-state index contributed by atoms with van der Waals surface area (Å²) in [5.74, 6) is 0.874. The Kier molecular flexibility index (Phi) is 2.92. The fourth-order valence-electron chi connectivity index (χ4n) is 1.85. The molecule has 0 aromatic carbocycles. The lowest BCUT2D eigenvalue weighted by atomic mass is 10.1.